The number of piperazine rings is 1. The van der Waals surface area contributed by atoms with Crippen LogP contribution in [0.2, 0.25) is 0 Å². The van der Waals surface area contributed by atoms with Crippen LogP contribution in [0.4, 0.5) is 0 Å². The average molecular weight is 371 g/mol. The Hall–Kier alpha value is -1.58. The smallest absolute Gasteiger partial charge is 0.240 e. The molecule has 0 aliphatic carbocycles. The van der Waals surface area contributed by atoms with Gasteiger partial charge in [0.2, 0.25) is 17.7 Å². The number of rotatable bonds is 7. The summed E-state index contributed by atoms with van der Waals surface area (Å²) in [5.74, 6) is -0.455. The quantitative estimate of drug-likeness (QED) is 0.596. The summed E-state index contributed by atoms with van der Waals surface area (Å²) < 4.78 is 0. The lowest BCUT2D eigenvalue weighted by Crippen LogP contribution is -2.60. The zero-order valence-corrected chi connectivity index (χ0v) is 15.1. The largest absolute Gasteiger partial charge is 0.368 e. The van der Waals surface area contributed by atoms with Gasteiger partial charge in [0.05, 0.1) is 5.75 Å². The Balaban J connectivity index is 1.93. The molecule has 24 heavy (non-hydrogen) atoms. The second-order valence-corrected chi connectivity index (χ2v) is 7.42. The zero-order valence-electron chi connectivity index (χ0n) is 13.5. The van der Waals surface area contributed by atoms with Crippen molar-refractivity contribution in [2.45, 2.75) is 18.5 Å². The number of carbonyl (C=O) groups is 3. The second kappa shape index (κ2) is 9.05. The van der Waals surface area contributed by atoms with Gasteiger partial charge in [-0.2, -0.15) is 11.8 Å². The number of amides is 3. The Morgan fingerprint density at radius 1 is 1.54 bits per heavy atom. The van der Waals surface area contributed by atoms with E-state index in [2.05, 4.69) is 10.6 Å². The van der Waals surface area contributed by atoms with Crippen molar-refractivity contribution in [1.82, 2.24) is 15.5 Å². The van der Waals surface area contributed by atoms with E-state index in [9.17, 15) is 14.4 Å². The maximum Gasteiger partial charge on any atom is 0.240 e. The molecule has 7 nitrogen and oxygen atoms in total. The Kier molecular flexibility index (Phi) is 7.07. The molecule has 0 saturated carbocycles. The van der Waals surface area contributed by atoms with Gasteiger partial charge in [0, 0.05) is 30.9 Å². The highest BCUT2D eigenvalue weighted by Gasteiger charge is 2.30. The maximum absolute atomic E-state index is 12.4. The predicted octanol–water partition coefficient (Wildman–Crippen LogP) is -0.576. The Bertz CT molecular complexity index is 579. The van der Waals surface area contributed by atoms with Crippen LogP contribution in [0.5, 0.6) is 0 Å². The second-order valence-electron chi connectivity index (χ2n) is 5.53. The summed E-state index contributed by atoms with van der Waals surface area (Å²) in [5, 5.41) is 7.70. The van der Waals surface area contributed by atoms with Crippen LogP contribution >= 0.6 is 23.1 Å². The summed E-state index contributed by atoms with van der Waals surface area (Å²) in [6.45, 7) is 1.43. The average Bonchev–Trinajstić information content (AvgIpc) is 3.07. The van der Waals surface area contributed by atoms with E-state index in [1.807, 2.05) is 23.8 Å². The fourth-order valence-corrected chi connectivity index (χ4v) is 3.67. The van der Waals surface area contributed by atoms with E-state index >= 15 is 0 Å². The zero-order chi connectivity index (χ0) is 17.5. The first kappa shape index (κ1) is 18.8. The number of carbonyl (C=O) groups excluding carboxylic acids is 3. The fraction of sp³-hybridized carbons (Fsp3) is 0.533. The van der Waals surface area contributed by atoms with E-state index < -0.39 is 18.0 Å². The standard InChI is InChI=1S/C15H22N4O3S2/c1-23-9-13(20)19-5-4-17-12(8-19)15(22)18-11(14(16)21)7-10-3-2-6-24-10/h2-3,6,11-12,17H,4-5,7-9H2,1H3,(H2,16,21)(H,18,22)/t11-,12-/m0/s1. The Morgan fingerprint density at radius 3 is 2.96 bits per heavy atom. The lowest BCUT2D eigenvalue weighted by Gasteiger charge is -2.33. The number of hydrogen-bond donors (Lipinski definition) is 3. The van der Waals surface area contributed by atoms with Gasteiger partial charge < -0.3 is 21.3 Å². The van der Waals surface area contributed by atoms with E-state index in [0.29, 0.717) is 31.8 Å². The highest BCUT2D eigenvalue weighted by atomic mass is 32.2. The van der Waals surface area contributed by atoms with Crippen molar-refractivity contribution in [2.24, 2.45) is 5.73 Å². The molecule has 0 unspecified atom stereocenters. The van der Waals surface area contributed by atoms with Crippen LogP contribution in [0, 0.1) is 0 Å². The van der Waals surface area contributed by atoms with Crippen molar-refractivity contribution < 1.29 is 14.4 Å². The van der Waals surface area contributed by atoms with Gasteiger partial charge in [-0.1, -0.05) is 6.07 Å². The number of hydrogen-bond acceptors (Lipinski definition) is 6. The number of nitrogens with zero attached hydrogens (tertiary/aromatic N) is 1. The van der Waals surface area contributed by atoms with Gasteiger partial charge in [-0.3, -0.25) is 14.4 Å². The molecule has 132 valence electrons. The van der Waals surface area contributed by atoms with E-state index in [1.165, 1.54) is 23.1 Å². The molecule has 0 radical (unpaired) electrons. The van der Waals surface area contributed by atoms with Crippen molar-refractivity contribution in [3.8, 4) is 0 Å². The van der Waals surface area contributed by atoms with Gasteiger partial charge in [-0.05, 0) is 17.7 Å². The highest BCUT2D eigenvalue weighted by molar-refractivity contribution is 7.99. The molecule has 1 fully saturated rings. The summed E-state index contributed by atoms with van der Waals surface area (Å²) in [6.07, 6.45) is 2.24. The third kappa shape index (κ3) is 5.22. The number of primary amides is 1. The van der Waals surface area contributed by atoms with E-state index in [1.54, 1.807) is 4.90 Å². The van der Waals surface area contributed by atoms with Gasteiger partial charge in [-0.25, -0.2) is 0 Å². The minimum absolute atomic E-state index is 0.0202. The normalized spacial score (nSPS) is 18.9. The van der Waals surface area contributed by atoms with Gasteiger partial charge in [-0.15, -0.1) is 11.3 Å². The van der Waals surface area contributed by atoms with Gasteiger partial charge in [0.15, 0.2) is 0 Å². The van der Waals surface area contributed by atoms with Crippen molar-refractivity contribution in [2.75, 3.05) is 31.6 Å². The lowest BCUT2D eigenvalue weighted by molar-refractivity contribution is -0.133. The molecule has 1 aromatic heterocycles. The molecule has 1 aromatic rings. The molecule has 2 atom stereocenters. The number of nitrogens with one attached hydrogen (secondary N) is 2. The number of thioether (sulfide) groups is 1. The summed E-state index contributed by atoms with van der Waals surface area (Å²) in [7, 11) is 0. The van der Waals surface area contributed by atoms with Crippen molar-refractivity contribution in [3.63, 3.8) is 0 Å². The van der Waals surface area contributed by atoms with Crippen LogP contribution in [0.25, 0.3) is 0 Å². The molecule has 3 amide bonds. The van der Waals surface area contributed by atoms with E-state index in [-0.39, 0.29) is 11.8 Å². The minimum atomic E-state index is -0.754. The lowest BCUT2D eigenvalue weighted by atomic mass is 10.1. The van der Waals surface area contributed by atoms with Crippen LogP contribution in [0.15, 0.2) is 17.5 Å². The molecule has 0 bridgehead atoms. The van der Waals surface area contributed by atoms with Crippen LogP contribution in [-0.4, -0.2) is 66.3 Å². The van der Waals surface area contributed by atoms with Gasteiger partial charge in [0.1, 0.15) is 12.1 Å². The Labute approximate surface area is 149 Å². The van der Waals surface area contributed by atoms with Crippen LogP contribution in [-0.2, 0) is 20.8 Å². The topological polar surface area (TPSA) is 105 Å². The number of thiophene rings is 1. The molecule has 1 aliphatic heterocycles. The molecule has 2 heterocycles. The summed E-state index contributed by atoms with van der Waals surface area (Å²) in [4.78, 5) is 38.7. The maximum atomic E-state index is 12.4. The van der Waals surface area contributed by atoms with E-state index in [0.717, 1.165) is 4.88 Å². The molecule has 9 heteroatoms. The number of nitrogens with two attached hydrogens (primary N) is 1. The van der Waals surface area contributed by atoms with Crippen molar-refractivity contribution >= 4 is 40.8 Å². The summed E-state index contributed by atoms with van der Waals surface area (Å²) in [5.41, 5.74) is 5.41. The first-order chi connectivity index (χ1) is 11.5. The summed E-state index contributed by atoms with van der Waals surface area (Å²) in [6, 6.07) is 2.50. The van der Waals surface area contributed by atoms with Crippen LogP contribution in [0.1, 0.15) is 4.88 Å². The van der Waals surface area contributed by atoms with Crippen LogP contribution in [0.3, 0.4) is 0 Å². The fourth-order valence-electron chi connectivity index (χ4n) is 2.49. The third-order valence-corrected chi connectivity index (χ3v) is 5.19. The Morgan fingerprint density at radius 2 is 2.33 bits per heavy atom. The van der Waals surface area contributed by atoms with Gasteiger partial charge >= 0.3 is 0 Å². The molecule has 0 aromatic carbocycles. The van der Waals surface area contributed by atoms with Crippen LogP contribution < -0.4 is 16.4 Å². The first-order valence-corrected chi connectivity index (χ1v) is 9.90. The van der Waals surface area contributed by atoms with Crippen molar-refractivity contribution in [1.29, 1.82) is 0 Å². The summed E-state index contributed by atoms with van der Waals surface area (Å²) >= 11 is 2.97. The highest BCUT2D eigenvalue weighted by Crippen LogP contribution is 2.11. The first-order valence-electron chi connectivity index (χ1n) is 7.63. The molecule has 0 spiro atoms. The third-order valence-electron chi connectivity index (χ3n) is 3.76. The molecular weight excluding hydrogens is 348 g/mol. The molecule has 2 rings (SSSR count). The molecule has 4 N–H and O–H groups in total. The predicted molar refractivity (Wildman–Crippen MR) is 95.9 cm³/mol. The molecule has 1 saturated heterocycles. The van der Waals surface area contributed by atoms with E-state index in [4.69, 9.17) is 5.73 Å². The monoisotopic (exact) mass is 370 g/mol. The SMILES string of the molecule is CSCC(=O)N1CCN[C@H](C(=O)N[C@@H](Cc2cccs2)C(N)=O)C1. The molecule has 1 aliphatic rings. The van der Waals surface area contributed by atoms with Crippen molar-refractivity contribution in [3.05, 3.63) is 22.4 Å². The molecular formula is C15H22N4O3S2. The minimum Gasteiger partial charge on any atom is -0.368 e. The van der Waals surface area contributed by atoms with Gasteiger partial charge in [0.25, 0.3) is 0 Å².